The van der Waals surface area contributed by atoms with Gasteiger partial charge in [0.05, 0.1) is 24.5 Å². The highest BCUT2D eigenvalue weighted by molar-refractivity contribution is 5.80. The molecule has 2 aromatic rings. The van der Waals surface area contributed by atoms with E-state index >= 15 is 0 Å². The Labute approximate surface area is 141 Å². The molecule has 0 unspecified atom stereocenters. The number of aromatic nitrogens is 3. The van der Waals surface area contributed by atoms with E-state index in [2.05, 4.69) is 30.0 Å². The molecule has 0 spiro atoms. The first kappa shape index (κ1) is 16.5. The maximum Gasteiger partial charge on any atom is 0.142 e. The number of aliphatic hydroxyl groups excluding tert-OH is 1. The number of hydrogen-bond donors (Lipinski definition) is 2. The summed E-state index contributed by atoms with van der Waals surface area (Å²) in [5.74, 6) is 0.657. The van der Waals surface area contributed by atoms with Gasteiger partial charge in [-0.05, 0) is 31.2 Å². The summed E-state index contributed by atoms with van der Waals surface area (Å²) < 4.78 is 1.70. The fourth-order valence-electron chi connectivity index (χ4n) is 3.42. The number of nitriles is 1. The van der Waals surface area contributed by atoms with Crippen molar-refractivity contribution in [2.75, 3.05) is 12.3 Å². The Morgan fingerprint density at radius 2 is 2.12 bits per heavy atom. The summed E-state index contributed by atoms with van der Waals surface area (Å²) in [4.78, 5) is 4.55. The molecule has 0 aromatic carbocycles. The molecular weight excluding hydrogens is 302 g/mol. The number of rotatable bonds is 4. The smallest absolute Gasteiger partial charge is 0.142 e. The van der Waals surface area contributed by atoms with Crippen molar-refractivity contribution in [3.05, 3.63) is 28.7 Å². The highest BCUT2D eigenvalue weighted by Gasteiger charge is 2.48. The van der Waals surface area contributed by atoms with E-state index in [1.165, 1.54) is 0 Å². The Hall–Kier alpha value is -2.39. The van der Waals surface area contributed by atoms with Gasteiger partial charge in [0.25, 0.3) is 0 Å². The van der Waals surface area contributed by atoms with Gasteiger partial charge in [-0.3, -0.25) is 4.68 Å². The van der Waals surface area contributed by atoms with Crippen LogP contribution in [0.3, 0.4) is 0 Å². The fourth-order valence-corrected chi connectivity index (χ4v) is 3.42. The largest absolute Gasteiger partial charge is 0.394 e. The minimum atomic E-state index is 0.0185. The van der Waals surface area contributed by atoms with Gasteiger partial charge in [-0.15, -0.1) is 0 Å². The van der Waals surface area contributed by atoms with Gasteiger partial charge in [0.1, 0.15) is 17.5 Å². The molecule has 6 heteroatoms. The predicted octanol–water partition coefficient (Wildman–Crippen LogP) is 2.52. The summed E-state index contributed by atoms with van der Waals surface area (Å²) in [7, 11) is 0. The lowest BCUT2D eigenvalue weighted by Gasteiger charge is -2.15. The average molecular weight is 325 g/mol. The molecule has 3 rings (SSSR count). The normalized spacial score (nSPS) is 18.4. The van der Waals surface area contributed by atoms with Crippen molar-refractivity contribution in [1.82, 2.24) is 14.8 Å². The third kappa shape index (κ3) is 2.55. The zero-order valence-electron chi connectivity index (χ0n) is 14.6. The molecule has 1 aliphatic rings. The zero-order chi connectivity index (χ0) is 17.6. The van der Waals surface area contributed by atoms with Gasteiger partial charge in [-0.25, -0.2) is 4.98 Å². The molecular formula is C18H23N5O. The minimum absolute atomic E-state index is 0.0185. The van der Waals surface area contributed by atoms with Crippen LogP contribution in [-0.4, -0.2) is 26.5 Å². The van der Waals surface area contributed by atoms with Crippen molar-refractivity contribution >= 4 is 5.82 Å². The van der Waals surface area contributed by atoms with Crippen LogP contribution in [0.1, 0.15) is 48.7 Å². The Balaban J connectivity index is 2.21. The van der Waals surface area contributed by atoms with Gasteiger partial charge in [0.15, 0.2) is 0 Å². The first-order valence-corrected chi connectivity index (χ1v) is 8.15. The number of nitrogen functional groups attached to an aromatic ring is 1. The van der Waals surface area contributed by atoms with Crippen LogP contribution in [0.4, 0.5) is 5.82 Å². The highest BCUT2D eigenvalue weighted by Crippen LogP contribution is 2.59. The quantitative estimate of drug-likeness (QED) is 0.899. The Bertz CT molecular complexity index is 844. The second-order valence-corrected chi connectivity index (χ2v) is 7.23. The van der Waals surface area contributed by atoms with Crippen LogP contribution in [0.15, 0.2) is 6.20 Å². The van der Waals surface area contributed by atoms with Crippen molar-refractivity contribution in [2.45, 2.75) is 46.6 Å². The maximum absolute atomic E-state index is 9.60. The topological polar surface area (TPSA) is 101 Å². The van der Waals surface area contributed by atoms with Crippen molar-refractivity contribution in [2.24, 2.45) is 5.41 Å². The van der Waals surface area contributed by atoms with E-state index in [0.29, 0.717) is 18.0 Å². The van der Waals surface area contributed by atoms with Crippen LogP contribution in [0, 0.1) is 30.6 Å². The Kier molecular flexibility index (Phi) is 3.84. The standard InChI is InChI=1S/C18H23N5O/c1-10-15(13-9-23(5-6-24)22-11(13)2)12(8-19)17(20)21-16(10)14-7-18(14,3)4/h9,14,24H,5-7H2,1-4H3,(H2,20,21)/t14-/m0/s1. The summed E-state index contributed by atoms with van der Waals surface area (Å²) in [5.41, 5.74) is 11.2. The van der Waals surface area contributed by atoms with Crippen LogP contribution in [0.2, 0.25) is 0 Å². The molecule has 3 N–H and O–H groups in total. The molecule has 0 bridgehead atoms. The number of pyridine rings is 1. The number of anilines is 1. The second-order valence-electron chi connectivity index (χ2n) is 7.23. The van der Waals surface area contributed by atoms with Gasteiger partial charge >= 0.3 is 0 Å². The molecule has 1 atom stereocenters. The third-order valence-electron chi connectivity index (χ3n) is 5.01. The predicted molar refractivity (Wildman–Crippen MR) is 92.3 cm³/mol. The highest BCUT2D eigenvalue weighted by atomic mass is 16.3. The average Bonchev–Trinajstić information content (AvgIpc) is 2.99. The van der Waals surface area contributed by atoms with Crippen molar-refractivity contribution in [1.29, 1.82) is 5.26 Å². The first-order chi connectivity index (χ1) is 11.3. The number of aliphatic hydroxyl groups is 1. The third-order valence-corrected chi connectivity index (χ3v) is 5.01. The van der Waals surface area contributed by atoms with Crippen LogP contribution < -0.4 is 5.73 Å². The monoisotopic (exact) mass is 325 g/mol. The summed E-state index contributed by atoms with van der Waals surface area (Å²) in [6.45, 7) is 8.79. The lowest BCUT2D eigenvalue weighted by molar-refractivity contribution is 0.269. The van der Waals surface area contributed by atoms with E-state index in [1.54, 1.807) is 4.68 Å². The maximum atomic E-state index is 9.60. The Morgan fingerprint density at radius 1 is 1.46 bits per heavy atom. The molecule has 1 saturated carbocycles. The van der Waals surface area contributed by atoms with E-state index in [1.807, 2.05) is 20.0 Å². The molecule has 0 aliphatic heterocycles. The van der Waals surface area contributed by atoms with E-state index < -0.39 is 0 Å². The molecule has 2 heterocycles. The molecule has 126 valence electrons. The molecule has 2 aromatic heterocycles. The van der Waals surface area contributed by atoms with Gasteiger partial charge in [-0.2, -0.15) is 10.4 Å². The summed E-state index contributed by atoms with van der Waals surface area (Å²) >= 11 is 0. The lowest BCUT2D eigenvalue weighted by atomic mass is 9.92. The van der Waals surface area contributed by atoms with E-state index in [-0.39, 0.29) is 17.8 Å². The molecule has 1 aliphatic carbocycles. The summed E-state index contributed by atoms with van der Waals surface area (Å²) in [6, 6.07) is 2.21. The van der Waals surface area contributed by atoms with Gasteiger partial charge in [0.2, 0.25) is 0 Å². The number of nitrogens with two attached hydrogens (primary N) is 1. The zero-order valence-corrected chi connectivity index (χ0v) is 14.6. The number of hydrogen-bond acceptors (Lipinski definition) is 5. The van der Waals surface area contributed by atoms with Crippen LogP contribution in [0.5, 0.6) is 0 Å². The van der Waals surface area contributed by atoms with Crippen molar-refractivity contribution in [3.63, 3.8) is 0 Å². The number of aryl methyl sites for hydroxylation is 1. The van der Waals surface area contributed by atoms with Gasteiger partial charge in [-0.1, -0.05) is 13.8 Å². The van der Waals surface area contributed by atoms with Crippen LogP contribution in [-0.2, 0) is 6.54 Å². The van der Waals surface area contributed by atoms with E-state index in [4.69, 9.17) is 10.8 Å². The molecule has 1 fully saturated rings. The summed E-state index contributed by atoms with van der Waals surface area (Å²) in [5, 5.41) is 23.2. The molecule has 0 amide bonds. The number of nitrogens with zero attached hydrogens (tertiary/aromatic N) is 4. The first-order valence-electron chi connectivity index (χ1n) is 8.15. The minimum Gasteiger partial charge on any atom is -0.394 e. The van der Waals surface area contributed by atoms with E-state index in [9.17, 15) is 5.26 Å². The van der Waals surface area contributed by atoms with Crippen LogP contribution in [0.25, 0.3) is 11.1 Å². The van der Waals surface area contributed by atoms with Crippen molar-refractivity contribution < 1.29 is 5.11 Å². The van der Waals surface area contributed by atoms with Crippen molar-refractivity contribution in [3.8, 4) is 17.2 Å². The lowest BCUT2D eigenvalue weighted by Crippen LogP contribution is -2.06. The van der Waals surface area contributed by atoms with Crippen LogP contribution >= 0.6 is 0 Å². The molecule has 24 heavy (non-hydrogen) atoms. The molecule has 6 nitrogen and oxygen atoms in total. The van der Waals surface area contributed by atoms with Gasteiger partial charge in [0, 0.05) is 23.2 Å². The molecule has 0 radical (unpaired) electrons. The summed E-state index contributed by atoms with van der Waals surface area (Å²) in [6.07, 6.45) is 2.95. The van der Waals surface area contributed by atoms with Gasteiger partial charge < -0.3 is 10.8 Å². The fraction of sp³-hybridized carbons (Fsp3) is 0.500. The molecule has 0 saturated heterocycles. The Morgan fingerprint density at radius 3 is 2.67 bits per heavy atom. The SMILES string of the molecule is Cc1nn(CCO)cc1-c1c(C)c([C@@H]2CC2(C)C)nc(N)c1C#N. The second kappa shape index (κ2) is 5.60. The van der Waals surface area contributed by atoms with E-state index in [0.717, 1.165) is 34.5 Å².